The monoisotopic (exact) mass is 374 g/mol. The van der Waals surface area contributed by atoms with E-state index in [4.69, 9.17) is 4.74 Å². The standard InChI is InChI=1S/C21H24F2N2O2/c1-21(7-9-24-10-8-21)13-25-20(26)17-5-3-14(11-18(17)22)16-6-4-15(27-2)12-19(16)23/h3-6,11-12,24H,7-10,13H2,1-2H3,(H,25,26). The Morgan fingerprint density at radius 3 is 2.52 bits per heavy atom. The summed E-state index contributed by atoms with van der Waals surface area (Å²) in [6.07, 6.45) is 1.93. The molecule has 1 aliphatic rings. The summed E-state index contributed by atoms with van der Waals surface area (Å²) in [6, 6.07) is 8.51. The Hall–Kier alpha value is -2.47. The molecule has 0 saturated carbocycles. The van der Waals surface area contributed by atoms with Gasteiger partial charge < -0.3 is 15.4 Å². The van der Waals surface area contributed by atoms with Crippen LogP contribution in [-0.2, 0) is 0 Å². The van der Waals surface area contributed by atoms with Crippen molar-refractivity contribution in [2.75, 3.05) is 26.7 Å². The van der Waals surface area contributed by atoms with Crippen molar-refractivity contribution in [1.29, 1.82) is 0 Å². The molecule has 1 heterocycles. The largest absolute Gasteiger partial charge is 0.497 e. The van der Waals surface area contributed by atoms with Crippen molar-refractivity contribution in [2.24, 2.45) is 5.41 Å². The van der Waals surface area contributed by atoms with Crippen molar-refractivity contribution in [1.82, 2.24) is 10.6 Å². The van der Waals surface area contributed by atoms with Gasteiger partial charge in [0.1, 0.15) is 17.4 Å². The summed E-state index contributed by atoms with van der Waals surface area (Å²) in [4.78, 5) is 12.4. The van der Waals surface area contributed by atoms with Gasteiger partial charge in [-0.25, -0.2) is 8.78 Å². The van der Waals surface area contributed by atoms with Crippen LogP contribution in [0.25, 0.3) is 11.1 Å². The number of hydrogen-bond donors (Lipinski definition) is 2. The van der Waals surface area contributed by atoms with Crippen LogP contribution in [0.5, 0.6) is 5.75 Å². The van der Waals surface area contributed by atoms with E-state index in [-0.39, 0.29) is 16.5 Å². The molecule has 1 fully saturated rings. The Morgan fingerprint density at radius 2 is 1.89 bits per heavy atom. The Bertz CT molecular complexity index is 833. The molecule has 4 nitrogen and oxygen atoms in total. The van der Waals surface area contributed by atoms with Gasteiger partial charge >= 0.3 is 0 Å². The first kappa shape index (κ1) is 19.3. The van der Waals surface area contributed by atoms with E-state index in [1.54, 1.807) is 12.1 Å². The molecule has 2 aromatic carbocycles. The molecule has 2 N–H and O–H groups in total. The topological polar surface area (TPSA) is 50.4 Å². The summed E-state index contributed by atoms with van der Waals surface area (Å²) in [5, 5.41) is 6.13. The molecule has 6 heteroatoms. The number of benzene rings is 2. The van der Waals surface area contributed by atoms with E-state index >= 15 is 0 Å². The van der Waals surface area contributed by atoms with Gasteiger partial charge in [-0.1, -0.05) is 13.0 Å². The molecule has 0 unspecified atom stereocenters. The minimum Gasteiger partial charge on any atom is -0.497 e. The van der Waals surface area contributed by atoms with Crippen molar-refractivity contribution in [3.63, 3.8) is 0 Å². The van der Waals surface area contributed by atoms with Crippen LogP contribution in [0.3, 0.4) is 0 Å². The molecule has 1 saturated heterocycles. The molecule has 1 aliphatic heterocycles. The number of rotatable bonds is 5. The maximum absolute atomic E-state index is 14.5. The zero-order valence-electron chi connectivity index (χ0n) is 15.6. The average molecular weight is 374 g/mol. The van der Waals surface area contributed by atoms with Crippen LogP contribution in [0.4, 0.5) is 8.78 Å². The summed E-state index contributed by atoms with van der Waals surface area (Å²) >= 11 is 0. The molecule has 0 aliphatic carbocycles. The van der Waals surface area contributed by atoms with Crippen molar-refractivity contribution < 1.29 is 18.3 Å². The zero-order chi connectivity index (χ0) is 19.4. The molecule has 3 rings (SSSR count). The fraction of sp³-hybridized carbons (Fsp3) is 0.381. The summed E-state index contributed by atoms with van der Waals surface area (Å²) in [5.41, 5.74) is 0.604. The quantitative estimate of drug-likeness (QED) is 0.838. The highest BCUT2D eigenvalue weighted by Gasteiger charge is 2.27. The smallest absolute Gasteiger partial charge is 0.254 e. The first-order valence-corrected chi connectivity index (χ1v) is 9.04. The lowest BCUT2D eigenvalue weighted by molar-refractivity contribution is 0.0918. The molecule has 0 spiro atoms. The lowest BCUT2D eigenvalue weighted by atomic mass is 9.81. The third-order valence-corrected chi connectivity index (χ3v) is 5.19. The van der Waals surface area contributed by atoms with Crippen molar-refractivity contribution in [2.45, 2.75) is 19.8 Å². The van der Waals surface area contributed by atoms with Crippen LogP contribution < -0.4 is 15.4 Å². The molecule has 0 aromatic heterocycles. The maximum Gasteiger partial charge on any atom is 0.254 e. The molecule has 0 radical (unpaired) electrons. The van der Waals surface area contributed by atoms with Crippen LogP contribution in [0.15, 0.2) is 36.4 Å². The van der Waals surface area contributed by atoms with E-state index in [1.807, 2.05) is 0 Å². The molecule has 27 heavy (non-hydrogen) atoms. The number of carbonyl (C=O) groups is 1. The number of halogens is 2. The van der Waals surface area contributed by atoms with Gasteiger partial charge in [0.05, 0.1) is 12.7 Å². The van der Waals surface area contributed by atoms with Crippen molar-refractivity contribution in [3.05, 3.63) is 53.6 Å². The molecular weight excluding hydrogens is 350 g/mol. The highest BCUT2D eigenvalue weighted by atomic mass is 19.1. The second-order valence-electron chi connectivity index (χ2n) is 7.28. The predicted octanol–water partition coefficient (Wildman–Crippen LogP) is 3.76. The third kappa shape index (κ3) is 4.45. The van der Waals surface area contributed by atoms with Gasteiger partial charge in [0.15, 0.2) is 0 Å². The lowest BCUT2D eigenvalue weighted by Gasteiger charge is -2.34. The molecule has 0 atom stereocenters. The van der Waals surface area contributed by atoms with Gasteiger partial charge in [-0.3, -0.25) is 4.79 Å². The molecule has 0 bridgehead atoms. The van der Waals surface area contributed by atoms with E-state index in [1.165, 1.54) is 31.4 Å². The van der Waals surface area contributed by atoms with E-state index in [0.717, 1.165) is 25.9 Å². The first-order chi connectivity index (χ1) is 12.9. The van der Waals surface area contributed by atoms with E-state index < -0.39 is 17.5 Å². The van der Waals surface area contributed by atoms with E-state index in [2.05, 4.69) is 17.6 Å². The maximum atomic E-state index is 14.5. The highest BCUT2D eigenvalue weighted by Crippen LogP contribution is 2.29. The van der Waals surface area contributed by atoms with Crippen molar-refractivity contribution in [3.8, 4) is 16.9 Å². The SMILES string of the molecule is COc1ccc(-c2ccc(C(=O)NCC3(C)CCNCC3)c(F)c2)c(F)c1. The number of hydrogen-bond acceptors (Lipinski definition) is 3. The fourth-order valence-corrected chi connectivity index (χ4v) is 3.32. The normalized spacial score (nSPS) is 16.0. The Kier molecular flexibility index (Phi) is 5.75. The van der Waals surface area contributed by atoms with Crippen molar-refractivity contribution >= 4 is 5.91 Å². The molecular formula is C21H24F2N2O2. The Labute approximate surface area is 157 Å². The van der Waals surface area contributed by atoms with Gasteiger partial charge in [-0.15, -0.1) is 0 Å². The minimum atomic E-state index is -0.671. The van der Waals surface area contributed by atoms with E-state index in [0.29, 0.717) is 17.9 Å². The highest BCUT2D eigenvalue weighted by molar-refractivity contribution is 5.95. The number of amides is 1. The number of nitrogens with one attached hydrogen (secondary N) is 2. The van der Waals surface area contributed by atoms with Gasteiger partial charge in [-0.05, 0) is 61.2 Å². The molecule has 2 aromatic rings. The summed E-state index contributed by atoms with van der Waals surface area (Å²) in [6.45, 7) is 4.47. The Balaban J connectivity index is 1.73. The van der Waals surface area contributed by atoms with Crippen LogP contribution in [-0.4, -0.2) is 32.7 Å². The Morgan fingerprint density at radius 1 is 1.15 bits per heavy atom. The molecule has 144 valence electrons. The van der Waals surface area contributed by atoms with Gasteiger partial charge in [-0.2, -0.15) is 0 Å². The van der Waals surface area contributed by atoms with Crippen LogP contribution in [0.2, 0.25) is 0 Å². The average Bonchev–Trinajstić information content (AvgIpc) is 2.66. The van der Waals surface area contributed by atoms with Crippen LogP contribution in [0.1, 0.15) is 30.1 Å². The van der Waals surface area contributed by atoms with Crippen LogP contribution >= 0.6 is 0 Å². The second kappa shape index (κ2) is 8.05. The summed E-state index contributed by atoms with van der Waals surface area (Å²) in [7, 11) is 1.45. The number of piperidine rings is 1. The number of ether oxygens (including phenoxy) is 1. The van der Waals surface area contributed by atoms with Gasteiger partial charge in [0.25, 0.3) is 5.91 Å². The lowest BCUT2D eigenvalue weighted by Crippen LogP contribution is -2.43. The number of methoxy groups -OCH3 is 1. The fourth-order valence-electron chi connectivity index (χ4n) is 3.32. The predicted molar refractivity (Wildman–Crippen MR) is 101 cm³/mol. The van der Waals surface area contributed by atoms with Crippen LogP contribution in [0, 0.1) is 17.0 Å². The summed E-state index contributed by atoms with van der Waals surface area (Å²) < 4.78 is 33.7. The third-order valence-electron chi connectivity index (χ3n) is 5.19. The van der Waals surface area contributed by atoms with Gasteiger partial charge in [0.2, 0.25) is 0 Å². The van der Waals surface area contributed by atoms with E-state index in [9.17, 15) is 13.6 Å². The second-order valence-corrected chi connectivity index (χ2v) is 7.28. The number of carbonyl (C=O) groups excluding carboxylic acids is 1. The zero-order valence-corrected chi connectivity index (χ0v) is 15.6. The minimum absolute atomic E-state index is 0.0174. The summed E-state index contributed by atoms with van der Waals surface area (Å²) in [5.74, 6) is -1.24. The molecule has 1 amide bonds. The first-order valence-electron chi connectivity index (χ1n) is 9.04. The van der Waals surface area contributed by atoms with Gasteiger partial charge in [0, 0.05) is 18.2 Å².